The topological polar surface area (TPSA) is 82.3 Å². The van der Waals surface area contributed by atoms with Crippen molar-refractivity contribution in [1.82, 2.24) is 14.5 Å². The fourth-order valence-corrected chi connectivity index (χ4v) is 3.90. The second-order valence-electron chi connectivity index (χ2n) is 7.72. The van der Waals surface area contributed by atoms with E-state index in [1.807, 2.05) is 25.1 Å². The molecule has 0 bridgehead atoms. The zero-order chi connectivity index (χ0) is 22.7. The van der Waals surface area contributed by atoms with Crippen molar-refractivity contribution in [3.8, 4) is 11.4 Å². The van der Waals surface area contributed by atoms with Gasteiger partial charge in [-0.15, -0.1) is 0 Å². The van der Waals surface area contributed by atoms with Gasteiger partial charge in [0.1, 0.15) is 11.3 Å². The monoisotopic (exact) mass is 453 g/mol. The molecule has 1 N–H and O–H groups in total. The Hall–Kier alpha value is -3.32. The number of amides is 1. The van der Waals surface area contributed by atoms with Crippen LogP contribution in [0.3, 0.4) is 0 Å². The number of unbranched alkanes of at least 4 members (excludes halogenated alkanes) is 1. The summed E-state index contributed by atoms with van der Waals surface area (Å²) in [5.41, 5.74) is 1.08. The normalized spacial score (nSPS) is 12.3. The van der Waals surface area contributed by atoms with Gasteiger partial charge in [0.05, 0.1) is 12.3 Å². The van der Waals surface area contributed by atoms with Crippen LogP contribution >= 0.6 is 11.6 Å². The molecule has 0 spiro atoms. The van der Waals surface area contributed by atoms with E-state index in [-0.39, 0.29) is 12.1 Å². The van der Waals surface area contributed by atoms with Gasteiger partial charge in [0.2, 0.25) is 0 Å². The fourth-order valence-electron chi connectivity index (χ4n) is 3.72. The number of nitrogens with zero attached hydrogens (tertiary/aromatic N) is 2. The number of aromatic nitrogens is 2. The molecule has 1 aliphatic heterocycles. The van der Waals surface area contributed by atoms with Gasteiger partial charge in [-0.2, -0.15) is 0 Å². The number of nitrogens with one attached hydrogen (secondary N) is 1. The number of aryl methyl sites for hydroxylation is 1. The maximum atomic E-state index is 13.2. The highest BCUT2D eigenvalue weighted by Crippen LogP contribution is 2.25. The Morgan fingerprint density at radius 3 is 2.81 bits per heavy atom. The van der Waals surface area contributed by atoms with Crippen molar-refractivity contribution in [2.75, 3.05) is 6.61 Å². The van der Waals surface area contributed by atoms with Crippen molar-refractivity contribution in [2.45, 2.75) is 39.3 Å². The first-order valence-electron chi connectivity index (χ1n) is 10.6. The molecule has 0 unspecified atom stereocenters. The molecule has 2 heterocycles. The highest BCUT2D eigenvalue weighted by Gasteiger charge is 2.19. The number of ether oxygens (including phenoxy) is 1. The maximum absolute atomic E-state index is 13.2. The van der Waals surface area contributed by atoms with E-state index in [4.69, 9.17) is 16.3 Å². The summed E-state index contributed by atoms with van der Waals surface area (Å²) in [5, 5.41) is 3.20. The molecule has 8 heteroatoms. The molecule has 2 aromatic carbocycles. The number of benzene rings is 2. The minimum absolute atomic E-state index is 0.0924. The van der Waals surface area contributed by atoms with Crippen molar-refractivity contribution in [3.63, 3.8) is 0 Å². The molecule has 0 fully saturated rings. The smallest absolute Gasteiger partial charge is 0.335 e. The fraction of sp³-hybridized carbons (Fsp3) is 0.292. The van der Waals surface area contributed by atoms with Crippen LogP contribution in [-0.4, -0.2) is 21.6 Å². The van der Waals surface area contributed by atoms with Gasteiger partial charge in [0.15, 0.2) is 0 Å². The Labute approximate surface area is 190 Å². The molecular weight excluding hydrogens is 430 g/mol. The molecule has 1 aliphatic rings. The van der Waals surface area contributed by atoms with Gasteiger partial charge in [0, 0.05) is 30.7 Å². The first-order valence-corrected chi connectivity index (χ1v) is 11.0. The lowest BCUT2D eigenvalue weighted by Gasteiger charge is -2.13. The zero-order valence-electron chi connectivity index (χ0n) is 17.8. The third-order valence-electron chi connectivity index (χ3n) is 5.43. The van der Waals surface area contributed by atoms with Crippen LogP contribution < -0.4 is 21.3 Å². The van der Waals surface area contributed by atoms with E-state index in [9.17, 15) is 14.4 Å². The van der Waals surface area contributed by atoms with E-state index >= 15 is 0 Å². The molecule has 1 aromatic heterocycles. The van der Waals surface area contributed by atoms with Gasteiger partial charge < -0.3 is 10.1 Å². The lowest BCUT2D eigenvalue weighted by molar-refractivity contribution is 0.0948. The van der Waals surface area contributed by atoms with Gasteiger partial charge in [0.25, 0.3) is 11.5 Å². The van der Waals surface area contributed by atoms with Crippen molar-refractivity contribution in [2.24, 2.45) is 0 Å². The third kappa shape index (κ3) is 4.48. The average Bonchev–Trinajstić information content (AvgIpc) is 3.25. The Morgan fingerprint density at radius 2 is 2.03 bits per heavy atom. The van der Waals surface area contributed by atoms with Gasteiger partial charge >= 0.3 is 5.69 Å². The molecule has 3 aromatic rings. The van der Waals surface area contributed by atoms with Gasteiger partial charge in [-0.05, 0) is 41.8 Å². The van der Waals surface area contributed by atoms with Crippen molar-refractivity contribution in [1.29, 1.82) is 0 Å². The number of hydrogen-bond donors (Lipinski definition) is 1. The number of carbonyl (C=O) groups is 1. The van der Waals surface area contributed by atoms with E-state index in [1.54, 1.807) is 18.2 Å². The summed E-state index contributed by atoms with van der Waals surface area (Å²) < 4.78 is 7.92. The molecular formula is C24H24ClN3O4. The largest absolute Gasteiger partial charge is 0.493 e. The van der Waals surface area contributed by atoms with Gasteiger partial charge in [-0.25, -0.2) is 9.36 Å². The first kappa shape index (κ1) is 21.9. The van der Waals surface area contributed by atoms with Crippen LogP contribution in [0.1, 0.15) is 41.3 Å². The van der Waals surface area contributed by atoms with E-state index in [0.717, 1.165) is 40.7 Å². The minimum atomic E-state index is -0.676. The highest BCUT2D eigenvalue weighted by molar-refractivity contribution is 6.30. The van der Waals surface area contributed by atoms with Crippen LogP contribution in [0.2, 0.25) is 5.02 Å². The molecule has 4 rings (SSSR count). The summed E-state index contributed by atoms with van der Waals surface area (Å²) in [6, 6.07) is 12.2. The van der Waals surface area contributed by atoms with Crippen molar-refractivity contribution in [3.05, 3.63) is 91.2 Å². The lowest BCUT2D eigenvalue weighted by Crippen LogP contribution is -2.43. The predicted molar refractivity (Wildman–Crippen MR) is 123 cm³/mol. The first-order chi connectivity index (χ1) is 15.5. The van der Waals surface area contributed by atoms with Gasteiger partial charge in [-0.3, -0.25) is 14.2 Å². The Kier molecular flexibility index (Phi) is 6.46. The van der Waals surface area contributed by atoms with Crippen LogP contribution in [0, 0.1) is 0 Å². The zero-order valence-corrected chi connectivity index (χ0v) is 18.5. The molecule has 0 radical (unpaired) electrons. The molecule has 1 amide bonds. The molecule has 0 atom stereocenters. The number of fused-ring (bicyclic) bond motifs is 1. The minimum Gasteiger partial charge on any atom is -0.493 e. The summed E-state index contributed by atoms with van der Waals surface area (Å²) in [4.78, 5) is 39.1. The number of hydrogen-bond acceptors (Lipinski definition) is 4. The second kappa shape index (κ2) is 9.44. The van der Waals surface area contributed by atoms with Gasteiger partial charge in [-0.1, -0.05) is 43.1 Å². The average molecular weight is 454 g/mol. The van der Waals surface area contributed by atoms with Crippen molar-refractivity contribution >= 4 is 17.5 Å². The van der Waals surface area contributed by atoms with E-state index in [0.29, 0.717) is 23.9 Å². The van der Waals surface area contributed by atoms with Crippen LogP contribution in [-0.2, 0) is 19.5 Å². The van der Waals surface area contributed by atoms with E-state index in [2.05, 4.69) is 5.32 Å². The Balaban J connectivity index is 1.67. The SMILES string of the molecule is CCCCn1cc(C(=O)NCc2ccc3c(c2)CCO3)c(=O)n(-c2cccc(Cl)c2)c1=O. The third-order valence-corrected chi connectivity index (χ3v) is 5.66. The quantitative estimate of drug-likeness (QED) is 0.595. The lowest BCUT2D eigenvalue weighted by atomic mass is 10.1. The maximum Gasteiger partial charge on any atom is 0.335 e. The predicted octanol–water partition coefficient (Wildman–Crippen LogP) is 3.32. The van der Waals surface area contributed by atoms with E-state index < -0.39 is 17.2 Å². The molecule has 0 saturated heterocycles. The molecule has 7 nitrogen and oxygen atoms in total. The van der Waals surface area contributed by atoms with Crippen LogP contribution in [0.4, 0.5) is 0 Å². The standard InChI is InChI=1S/C24H24ClN3O4/c1-2-3-10-27-15-20(23(30)28(24(27)31)19-6-4-5-18(25)13-19)22(29)26-14-16-7-8-21-17(12-16)9-11-32-21/h4-8,12-13,15H,2-3,9-11,14H2,1H3,(H,26,29). The number of halogens is 1. The second-order valence-corrected chi connectivity index (χ2v) is 8.15. The van der Waals surface area contributed by atoms with Crippen LogP contribution in [0.25, 0.3) is 5.69 Å². The summed E-state index contributed by atoms with van der Waals surface area (Å²) in [7, 11) is 0. The summed E-state index contributed by atoms with van der Waals surface area (Å²) >= 11 is 6.07. The van der Waals surface area contributed by atoms with Crippen LogP contribution in [0.5, 0.6) is 5.75 Å². The van der Waals surface area contributed by atoms with Crippen LogP contribution in [0.15, 0.2) is 58.3 Å². The molecule has 32 heavy (non-hydrogen) atoms. The molecule has 0 aliphatic carbocycles. The highest BCUT2D eigenvalue weighted by atomic mass is 35.5. The molecule has 0 saturated carbocycles. The summed E-state index contributed by atoms with van der Waals surface area (Å²) in [5.74, 6) is 0.334. The number of rotatable bonds is 7. The number of carbonyl (C=O) groups excluding carboxylic acids is 1. The Bertz CT molecular complexity index is 1280. The summed E-state index contributed by atoms with van der Waals surface area (Å²) in [6.07, 6.45) is 3.80. The summed E-state index contributed by atoms with van der Waals surface area (Å²) in [6.45, 7) is 3.33. The Morgan fingerprint density at radius 1 is 1.19 bits per heavy atom. The van der Waals surface area contributed by atoms with E-state index in [1.165, 1.54) is 16.8 Å². The van der Waals surface area contributed by atoms with Crippen molar-refractivity contribution < 1.29 is 9.53 Å². The molecule has 166 valence electrons.